The predicted molar refractivity (Wildman–Crippen MR) is 111 cm³/mol. The van der Waals surface area contributed by atoms with Crippen molar-refractivity contribution < 1.29 is 9.53 Å². The van der Waals surface area contributed by atoms with Crippen molar-refractivity contribution in [2.75, 3.05) is 26.2 Å². The van der Waals surface area contributed by atoms with Crippen LogP contribution in [0.4, 0.5) is 0 Å². The van der Waals surface area contributed by atoms with E-state index < -0.39 is 0 Å². The molecule has 146 valence electrons. The Hall–Kier alpha value is -3.18. The van der Waals surface area contributed by atoms with Gasteiger partial charge in [-0.25, -0.2) is 0 Å². The molecule has 0 spiro atoms. The highest BCUT2D eigenvalue weighted by atomic mass is 16.5. The molecule has 1 fully saturated rings. The van der Waals surface area contributed by atoms with E-state index in [0.29, 0.717) is 0 Å². The number of hydrogen-bond acceptors (Lipinski definition) is 4. The second kappa shape index (κ2) is 7.68. The van der Waals surface area contributed by atoms with Crippen molar-refractivity contribution in [3.05, 3.63) is 89.7 Å². The van der Waals surface area contributed by atoms with Crippen molar-refractivity contribution in [1.29, 1.82) is 0 Å². The highest BCUT2D eigenvalue weighted by Crippen LogP contribution is 2.44. The summed E-state index contributed by atoms with van der Waals surface area (Å²) in [5, 5.41) is 0. The number of rotatable bonds is 3. The van der Waals surface area contributed by atoms with Gasteiger partial charge in [0.05, 0.1) is 5.92 Å². The maximum Gasteiger partial charge on any atom is 0.234 e. The minimum atomic E-state index is -0.305. The lowest BCUT2D eigenvalue weighted by Gasteiger charge is -2.37. The van der Waals surface area contributed by atoms with E-state index in [4.69, 9.17) is 4.74 Å². The Morgan fingerprint density at radius 2 is 1.55 bits per heavy atom. The second-order valence-electron chi connectivity index (χ2n) is 7.57. The first-order valence-corrected chi connectivity index (χ1v) is 10.1. The van der Waals surface area contributed by atoms with Crippen LogP contribution >= 0.6 is 0 Å². The Kier molecular flexibility index (Phi) is 4.74. The van der Waals surface area contributed by atoms with Crippen LogP contribution in [0.25, 0.3) is 0 Å². The normalized spacial score (nSPS) is 16.6. The van der Waals surface area contributed by atoms with Gasteiger partial charge in [0.2, 0.25) is 5.91 Å². The van der Waals surface area contributed by atoms with Crippen molar-refractivity contribution in [2.24, 2.45) is 0 Å². The van der Waals surface area contributed by atoms with Crippen LogP contribution in [0.3, 0.4) is 0 Å². The summed E-state index contributed by atoms with van der Waals surface area (Å²) in [6, 6.07) is 19.8. The molecule has 29 heavy (non-hydrogen) atoms. The van der Waals surface area contributed by atoms with Crippen molar-refractivity contribution >= 4 is 5.91 Å². The molecule has 2 aliphatic heterocycles. The summed E-state index contributed by atoms with van der Waals surface area (Å²) in [5.41, 5.74) is 3.11. The monoisotopic (exact) mass is 385 g/mol. The first kappa shape index (κ1) is 17.9. The first-order valence-electron chi connectivity index (χ1n) is 10.1. The van der Waals surface area contributed by atoms with Crippen LogP contribution < -0.4 is 4.74 Å². The minimum absolute atomic E-state index is 0.161. The Morgan fingerprint density at radius 1 is 0.897 bits per heavy atom. The Morgan fingerprint density at radius 3 is 2.17 bits per heavy atom. The summed E-state index contributed by atoms with van der Waals surface area (Å²) in [7, 11) is 0. The summed E-state index contributed by atoms with van der Waals surface area (Å²) in [5.74, 6) is 1.41. The molecule has 5 heteroatoms. The van der Waals surface area contributed by atoms with Gasteiger partial charge in [0.15, 0.2) is 0 Å². The zero-order valence-corrected chi connectivity index (χ0v) is 16.2. The van der Waals surface area contributed by atoms with Crippen LogP contribution in [0.2, 0.25) is 0 Å². The smallest absolute Gasteiger partial charge is 0.234 e. The highest BCUT2D eigenvalue weighted by molar-refractivity contribution is 5.89. The van der Waals surface area contributed by atoms with Crippen molar-refractivity contribution in [1.82, 2.24) is 14.8 Å². The molecule has 3 aromatic rings. The standard InChI is InChI=1S/C24H23N3O2/c28-24(27-14-12-26(13-15-27)17-18-6-5-11-25-16-18)23-19-7-1-3-9-21(19)29-22-10-4-2-8-20(22)23/h1-11,16,23H,12-15,17H2. The van der Waals surface area contributed by atoms with Gasteiger partial charge >= 0.3 is 0 Å². The van der Waals surface area contributed by atoms with Crippen LogP contribution in [0.5, 0.6) is 11.5 Å². The van der Waals surface area contributed by atoms with Crippen LogP contribution in [0.1, 0.15) is 22.6 Å². The lowest BCUT2D eigenvalue weighted by atomic mass is 9.86. The van der Waals surface area contributed by atoms with Crippen LogP contribution in [-0.2, 0) is 11.3 Å². The van der Waals surface area contributed by atoms with Gasteiger partial charge in [0.25, 0.3) is 0 Å². The van der Waals surface area contributed by atoms with Crippen LogP contribution in [0.15, 0.2) is 73.1 Å². The number of carbonyl (C=O) groups is 1. The van der Waals surface area contributed by atoms with E-state index in [1.165, 1.54) is 5.56 Å². The molecule has 0 atom stereocenters. The third-order valence-electron chi connectivity index (χ3n) is 5.74. The number of carbonyl (C=O) groups excluding carboxylic acids is 1. The molecule has 3 heterocycles. The van der Waals surface area contributed by atoms with Gasteiger partial charge in [-0.1, -0.05) is 42.5 Å². The molecule has 0 radical (unpaired) electrons. The van der Waals surface area contributed by atoms with E-state index in [2.05, 4.69) is 16.0 Å². The fraction of sp³-hybridized carbons (Fsp3) is 0.250. The number of amides is 1. The number of benzene rings is 2. The number of piperazine rings is 1. The zero-order chi connectivity index (χ0) is 19.6. The number of hydrogen-bond donors (Lipinski definition) is 0. The molecule has 1 aromatic heterocycles. The molecule has 5 nitrogen and oxygen atoms in total. The summed E-state index contributed by atoms with van der Waals surface area (Å²) in [6.45, 7) is 4.08. The van der Waals surface area contributed by atoms with E-state index in [-0.39, 0.29) is 11.8 Å². The minimum Gasteiger partial charge on any atom is -0.457 e. The number of fused-ring (bicyclic) bond motifs is 2. The third kappa shape index (κ3) is 3.49. The molecule has 1 saturated heterocycles. The number of nitrogens with zero attached hydrogens (tertiary/aromatic N) is 3. The van der Waals surface area contributed by atoms with Crippen LogP contribution in [0, 0.1) is 0 Å². The molecule has 2 aliphatic rings. The quantitative estimate of drug-likeness (QED) is 0.690. The van der Waals surface area contributed by atoms with Crippen LogP contribution in [-0.4, -0.2) is 46.9 Å². The lowest BCUT2D eigenvalue weighted by Crippen LogP contribution is -2.49. The Bertz CT molecular complexity index is 968. The van der Waals surface area contributed by atoms with E-state index >= 15 is 0 Å². The molecule has 0 N–H and O–H groups in total. The van der Waals surface area contributed by atoms with Gasteiger partial charge in [-0.05, 0) is 23.8 Å². The number of para-hydroxylation sites is 2. The van der Waals surface area contributed by atoms with Crippen molar-refractivity contribution in [3.8, 4) is 11.5 Å². The van der Waals surface area contributed by atoms with Gasteiger partial charge in [0.1, 0.15) is 11.5 Å². The molecular formula is C24H23N3O2. The summed E-state index contributed by atoms with van der Waals surface area (Å²) < 4.78 is 6.04. The molecule has 0 bridgehead atoms. The molecule has 0 aliphatic carbocycles. The average Bonchev–Trinajstić information content (AvgIpc) is 2.78. The fourth-order valence-electron chi connectivity index (χ4n) is 4.23. The second-order valence-corrected chi connectivity index (χ2v) is 7.57. The molecule has 5 rings (SSSR count). The van der Waals surface area contributed by atoms with Gasteiger partial charge in [-0.3, -0.25) is 14.7 Å². The van der Waals surface area contributed by atoms with Crippen molar-refractivity contribution in [2.45, 2.75) is 12.5 Å². The Balaban J connectivity index is 1.34. The zero-order valence-electron chi connectivity index (χ0n) is 16.2. The van der Waals surface area contributed by atoms with Crippen molar-refractivity contribution in [3.63, 3.8) is 0 Å². The topological polar surface area (TPSA) is 45.7 Å². The number of aromatic nitrogens is 1. The van der Waals surface area contributed by atoms with Gasteiger partial charge in [-0.2, -0.15) is 0 Å². The molecule has 0 unspecified atom stereocenters. The van der Waals surface area contributed by atoms with Gasteiger partial charge < -0.3 is 9.64 Å². The molecule has 2 aromatic carbocycles. The predicted octanol–water partition coefficient (Wildman–Crippen LogP) is 3.66. The highest BCUT2D eigenvalue weighted by Gasteiger charge is 2.36. The summed E-state index contributed by atoms with van der Waals surface area (Å²) >= 11 is 0. The Labute approximate surface area is 170 Å². The molecule has 0 saturated carbocycles. The van der Waals surface area contributed by atoms with Gasteiger partial charge in [-0.15, -0.1) is 0 Å². The average molecular weight is 385 g/mol. The maximum atomic E-state index is 13.6. The third-order valence-corrected chi connectivity index (χ3v) is 5.74. The van der Waals surface area contributed by atoms with E-state index in [1.807, 2.05) is 65.7 Å². The fourth-order valence-corrected chi connectivity index (χ4v) is 4.23. The van der Waals surface area contributed by atoms with E-state index in [0.717, 1.165) is 55.3 Å². The SMILES string of the molecule is O=C(C1c2ccccc2Oc2ccccc21)N1CCN(Cc2cccnc2)CC1. The summed E-state index contributed by atoms with van der Waals surface area (Å²) in [6.07, 6.45) is 3.71. The maximum absolute atomic E-state index is 13.6. The molecular weight excluding hydrogens is 362 g/mol. The van der Waals surface area contributed by atoms with E-state index in [1.54, 1.807) is 6.20 Å². The van der Waals surface area contributed by atoms with E-state index in [9.17, 15) is 4.79 Å². The largest absolute Gasteiger partial charge is 0.457 e. The summed E-state index contributed by atoms with van der Waals surface area (Å²) in [4.78, 5) is 22.2. The number of ether oxygens (including phenoxy) is 1. The first-order chi connectivity index (χ1) is 14.3. The molecule has 1 amide bonds. The number of pyridine rings is 1. The van der Waals surface area contributed by atoms with Gasteiger partial charge in [0, 0.05) is 56.2 Å². The lowest BCUT2D eigenvalue weighted by molar-refractivity contribution is -0.133.